The van der Waals surface area contributed by atoms with Gasteiger partial charge in [-0.25, -0.2) is 4.79 Å². The lowest BCUT2D eigenvalue weighted by Crippen LogP contribution is -2.36. The molecule has 0 bridgehead atoms. The first-order chi connectivity index (χ1) is 7.36. The lowest BCUT2D eigenvalue weighted by atomic mass is 10.1. The first kappa shape index (κ1) is 10.1. The number of hydrogen-bond donors (Lipinski definition) is 1. The molecule has 1 aromatic rings. The molecule has 1 atom stereocenters. The second-order valence-electron chi connectivity index (χ2n) is 3.61. The van der Waals surface area contributed by atoms with Crippen LogP contribution in [0.5, 0.6) is 0 Å². The molecule has 0 spiro atoms. The fourth-order valence-corrected chi connectivity index (χ4v) is 1.63. The lowest BCUT2D eigenvalue weighted by Gasteiger charge is -2.22. The van der Waals surface area contributed by atoms with Crippen LogP contribution in [0, 0.1) is 0 Å². The molecule has 2 heterocycles. The molecule has 1 aliphatic rings. The minimum Gasteiger partial charge on any atom is -0.457 e. The lowest BCUT2D eigenvalue weighted by molar-refractivity contribution is 0.0245. The van der Waals surface area contributed by atoms with Crippen molar-refractivity contribution in [1.29, 1.82) is 0 Å². The molecule has 0 amide bonds. The number of aromatic nitrogens is 1. The number of esters is 1. The normalized spacial score (nSPS) is 20.9. The van der Waals surface area contributed by atoms with Gasteiger partial charge < -0.3 is 10.1 Å². The Hall–Kier alpha value is -1.42. The van der Waals surface area contributed by atoms with Crippen molar-refractivity contribution < 1.29 is 9.53 Å². The SMILES string of the molecule is O=C(OC1CCCNC1)c1ccncc1. The van der Waals surface area contributed by atoms with Gasteiger partial charge in [0.2, 0.25) is 0 Å². The highest BCUT2D eigenvalue weighted by Gasteiger charge is 2.17. The summed E-state index contributed by atoms with van der Waals surface area (Å²) in [6.07, 6.45) is 5.21. The Kier molecular flexibility index (Phi) is 3.29. The largest absolute Gasteiger partial charge is 0.457 e. The zero-order valence-electron chi connectivity index (χ0n) is 8.48. The van der Waals surface area contributed by atoms with Gasteiger partial charge in [0, 0.05) is 18.9 Å². The summed E-state index contributed by atoms with van der Waals surface area (Å²) in [7, 11) is 0. The first-order valence-electron chi connectivity index (χ1n) is 5.18. The molecule has 15 heavy (non-hydrogen) atoms. The summed E-state index contributed by atoms with van der Waals surface area (Å²) in [6.45, 7) is 1.78. The first-order valence-corrected chi connectivity index (χ1v) is 5.18. The van der Waals surface area contributed by atoms with Crippen LogP contribution in [0.1, 0.15) is 23.2 Å². The number of carbonyl (C=O) groups excluding carboxylic acids is 1. The molecule has 1 N–H and O–H groups in total. The van der Waals surface area contributed by atoms with Gasteiger partial charge in [-0.15, -0.1) is 0 Å². The second kappa shape index (κ2) is 4.89. The number of carbonyl (C=O) groups is 1. The molecule has 0 aliphatic carbocycles. The molecule has 0 saturated carbocycles. The molecule has 4 nitrogen and oxygen atoms in total. The summed E-state index contributed by atoms with van der Waals surface area (Å²) < 4.78 is 5.35. The van der Waals surface area contributed by atoms with Gasteiger partial charge in [0.25, 0.3) is 0 Å². The van der Waals surface area contributed by atoms with E-state index >= 15 is 0 Å². The molecule has 1 unspecified atom stereocenters. The van der Waals surface area contributed by atoms with Crippen molar-refractivity contribution in [2.24, 2.45) is 0 Å². The Morgan fingerprint density at radius 2 is 2.27 bits per heavy atom. The number of nitrogens with one attached hydrogen (secondary N) is 1. The second-order valence-corrected chi connectivity index (χ2v) is 3.61. The summed E-state index contributed by atoms with van der Waals surface area (Å²) in [5.41, 5.74) is 0.565. The van der Waals surface area contributed by atoms with E-state index in [0.717, 1.165) is 25.9 Å². The van der Waals surface area contributed by atoms with Crippen molar-refractivity contribution in [2.45, 2.75) is 18.9 Å². The standard InChI is InChI=1S/C11H14N2O2/c14-11(9-3-6-12-7-4-9)15-10-2-1-5-13-8-10/h3-4,6-7,10,13H,1-2,5,8H2. The Balaban J connectivity index is 1.91. The number of piperidine rings is 1. The van der Waals surface area contributed by atoms with Crippen LogP contribution in [0.3, 0.4) is 0 Å². The average Bonchev–Trinajstić information content (AvgIpc) is 2.31. The summed E-state index contributed by atoms with van der Waals surface area (Å²) in [5, 5.41) is 3.20. The molecule has 4 heteroatoms. The van der Waals surface area contributed by atoms with E-state index in [1.165, 1.54) is 0 Å². The van der Waals surface area contributed by atoms with Crippen LogP contribution < -0.4 is 5.32 Å². The zero-order chi connectivity index (χ0) is 10.5. The quantitative estimate of drug-likeness (QED) is 0.733. The predicted molar refractivity (Wildman–Crippen MR) is 55.5 cm³/mol. The molecule has 80 valence electrons. The van der Waals surface area contributed by atoms with Crippen molar-refractivity contribution in [3.05, 3.63) is 30.1 Å². The Morgan fingerprint density at radius 1 is 1.47 bits per heavy atom. The molecular weight excluding hydrogens is 192 g/mol. The van der Waals surface area contributed by atoms with E-state index in [1.807, 2.05) is 0 Å². The van der Waals surface area contributed by atoms with Gasteiger partial charge in [0.15, 0.2) is 0 Å². The smallest absolute Gasteiger partial charge is 0.338 e. The van der Waals surface area contributed by atoms with Crippen LogP contribution in [0.25, 0.3) is 0 Å². The van der Waals surface area contributed by atoms with Gasteiger partial charge in [-0.05, 0) is 31.5 Å². The van der Waals surface area contributed by atoms with Crippen molar-refractivity contribution in [1.82, 2.24) is 10.3 Å². The van der Waals surface area contributed by atoms with Gasteiger partial charge in [-0.2, -0.15) is 0 Å². The fourth-order valence-electron chi connectivity index (χ4n) is 1.63. The molecule has 1 saturated heterocycles. The monoisotopic (exact) mass is 206 g/mol. The highest BCUT2D eigenvalue weighted by atomic mass is 16.5. The van der Waals surface area contributed by atoms with E-state index in [-0.39, 0.29) is 12.1 Å². The van der Waals surface area contributed by atoms with Crippen LogP contribution >= 0.6 is 0 Å². The van der Waals surface area contributed by atoms with Crippen LogP contribution in [-0.2, 0) is 4.74 Å². The van der Waals surface area contributed by atoms with E-state index in [2.05, 4.69) is 10.3 Å². The molecular formula is C11H14N2O2. The molecule has 0 radical (unpaired) electrons. The third kappa shape index (κ3) is 2.76. The summed E-state index contributed by atoms with van der Waals surface area (Å²) in [6, 6.07) is 3.33. The highest BCUT2D eigenvalue weighted by molar-refractivity contribution is 5.89. The maximum atomic E-state index is 11.6. The number of hydrogen-bond acceptors (Lipinski definition) is 4. The minimum atomic E-state index is -0.258. The van der Waals surface area contributed by atoms with E-state index in [0.29, 0.717) is 5.56 Å². The molecule has 1 aromatic heterocycles. The zero-order valence-corrected chi connectivity index (χ0v) is 8.48. The van der Waals surface area contributed by atoms with Gasteiger partial charge in [0.1, 0.15) is 6.10 Å². The van der Waals surface area contributed by atoms with Crippen molar-refractivity contribution >= 4 is 5.97 Å². The molecule has 0 aromatic carbocycles. The summed E-state index contributed by atoms with van der Waals surface area (Å²) >= 11 is 0. The average molecular weight is 206 g/mol. The van der Waals surface area contributed by atoms with E-state index in [1.54, 1.807) is 24.5 Å². The number of nitrogens with zero attached hydrogens (tertiary/aromatic N) is 1. The van der Waals surface area contributed by atoms with Crippen LogP contribution in [0.2, 0.25) is 0 Å². The van der Waals surface area contributed by atoms with Crippen molar-refractivity contribution in [3.63, 3.8) is 0 Å². The minimum absolute atomic E-state index is 0.0133. The maximum absolute atomic E-state index is 11.6. The molecule has 1 fully saturated rings. The Labute approximate surface area is 88.7 Å². The molecule has 2 rings (SSSR count). The number of pyridine rings is 1. The Bertz CT molecular complexity index is 321. The number of rotatable bonds is 2. The van der Waals surface area contributed by atoms with Gasteiger partial charge in [-0.1, -0.05) is 0 Å². The van der Waals surface area contributed by atoms with Crippen LogP contribution in [0.4, 0.5) is 0 Å². The van der Waals surface area contributed by atoms with E-state index < -0.39 is 0 Å². The fraction of sp³-hybridized carbons (Fsp3) is 0.455. The summed E-state index contributed by atoms with van der Waals surface area (Å²) in [5.74, 6) is -0.258. The summed E-state index contributed by atoms with van der Waals surface area (Å²) in [4.78, 5) is 15.5. The third-order valence-corrected chi connectivity index (χ3v) is 2.44. The van der Waals surface area contributed by atoms with Crippen LogP contribution in [0.15, 0.2) is 24.5 Å². The topological polar surface area (TPSA) is 51.2 Å². The maximum Gasteiger partial charge on any atom is 0.338 e. The predicted octanol–water partition coefficient (Wildman–Crippen LogP) is 0.990. The van der Waals surface area contributed by atoms with E-state index in [4.69, 9.17) is 4.74 Å². The van der Waals surface area contributed by atoms with Gasteiger partial charge in [0.05, 0.1) is 5.56 Å². The highest BCUT2D eigenvalue weighted by Crippen LogP contribution is 2.09. The van der Waals surface area contributed by atoms with Gasteiger partial charge in [-0.3, -0.25) is 4.98 Å². The Morgan fingerprint density at radius 3 is 2.93 bits per heavy atom. The van der Waals surface area contributed by atoms with Crippen molar-refractivity contribution in [3.8, 4) is 0 Å². The van der Waals surface area contributed by atoms with Gasteiger partial charge >= 0.3 is 5.97 Å². The number of ether oxygens (including phenoxy) is 1. The molecule has 1 aliphatic heterocycles. The van der Waals surface area contributed by atoms with Crippen LogP contribution in [-0.4, -0.2) is 30.1 Å². The van der Waals surface area contributed by atoms with Crippen molar-refractivity contribution in [2.75, 3.05) is 13.1 Å². The third-order valence-electron chi connectivity index (χ3n) is 2.44. The van der Waals surface area contributed by atoms with E-state index in [9.17, 15) is 4.79 Å².